The molecule has 4 rings (SSSR count). The molecule has 0 aliphatic rings. The highest BCUT2D eigenvalue weighted by atomic mass is 16.5. The van der Waals surface area contributed by atoms with E-state index in [2.05, 4.69) is 15.5 Å². The van der Waals surface area contributed by atoms with Gasteiger partial charge < -0.3 is 9.47 Å². The van der Waals surface area contributed by atoms with E-state index in [0.29, 0.717) is 28.2 Å². The highest BCUT2D eigenvalue weighted by Crippen LogP contribution is 2.27. The van der Waals surface area contributed by atoms with E-state index in [9.17, 15) is 9.59 Å². The first-order valence-corrected chi connectivity index (χ1v) is 9.77. The molecule has 0 bridgehead atoms. The molecule has 0 radical (unpaired) electrons. The van der Waals surface area contributed by atoms with Crippen LogP contribution in [0.2, 0.25) is 0 Å². The number of ether oxygens (including phenoxy) is 2. The van der Waals surface area contributed by atoms with Gasteiger partial charge in [-0.3, -0.25) is 9.78 Å². The smallest absolute Gasteiger partial charge is 0.343 e. The standard InChI is InChI=1S/C25H19N3O4/c1-31-20-9-6-19(7-10-20)25(30)32-23-11-8-17-4-2-3-5-21(17)22(23)16-27-28-24(29)18-12-14-26-15-13-18/h2-16H,1H3,(H,28,29)/b27-16+. The molecule has 4 aromatic rings. The molecule has 0 saturated heterocycles. The Morgan fingerprint density at radius 1 is 0.906 bits per heavy atom. The lowest BCUT2D eigenvalue weighted by Crippen LogP contribution is -2.17. The average molecular weight is 425 g/mol. The maximum Gasteiger partial charge on any atom is 0.343 e. The van der Waals surface area contributed by atoms with E-state index < -0.39 is 5.97 Å². The van der Waals surface area contributed by atoms with Crippen LogP contribution in [0.1, 0.15) is 26.3 Å². The second kappa shape index (κ2) is 9.53. The number of hydrogen-bond donors (Lipinski definition) is 1. The van der Waals surface area contributed by atoms with Crippen LogP contribution < -0.4 is 14.9 Å². The van der Waals surface area contributed by atoms with Crippen LogP contribution in [-0.2, 0) is 0 Å². The monoisotopic (exact) mass is 425 g/mol. The Kier molecular flexibility index (Phi) is 6.17. The lowest BCUT2D eigenvalue weighted by Gasteiger charge is -2.11. The third kappa shape index (κ3) is 4.62. The highest BCUT2D eigenvalue weighted by Gasteiger charge is 2.14. The molecule has 1 heterocycles. The number of hydrogen-bond acceptors (Lipinski definition) is 6. The summed E-state index contributed by atoms with van der Waals surface area (Å²) in [5, 5.41) is 5.85. The number of hydrazone groups is 1. The summed E-state index contributed by atoms with van der Waals surface area (Å²) in [4.78, 5) is 28.8. The van der Waals surface area contributed by atoms with Crippen LogP contribution in [0.3, 0.4) is 0 Å². The summed E-state index contributed by atoms with van der Waals surface area (Å²) in [6, 6.07) is 21.0. The van der Waals surface area contributed by atoms with E-state index in [0.717, 1.165) is 10.8 Å². The molecule has 0 unspecified atom stereocenters. The summed E-state index contributed by atoms with van der Waals surface area (Å²) in [6.07, 6.45) is 4.53. The minimum atomic E-state index is -0.515. The Hall–Kier alpha value is -4.52. The van der Waals surface area contributed by atoms with Gasteiger partial charge in [0.25, 0.3) is 5.91 Å². The first kappa shape index (κ1) is 20.7. The van der Waals surface area contributed by atoms with Crippen LogP contribution in [0.15, 0.2) is 90.3 Å². The summed E-state index contributed by atoms with van der Waals surface area (Å²) in [5.74, 6) is 0.0792. The van der Waals surface area contributed by atoms with Gasteiger partial charge in [0.1, 0.15) is 11.5 Å². The van der Waals surface area contributed by atoms with Crippen LogP contribution in [-0.4, -0.2) is 30.2 Å². The highest BCUT2D eigenvalue weighted by molar-refractivity contribution is 6.04. The Balaban J connectivity index is 1.61. The molecule has 0 saturated carbocycles. The van der Waals surface area contributed by atoms with Gasteiger partial charge in [-0.2, -0.15) is 5.10 Å². The van der Waals surface area contributed by atoms with Gasteiger partial charge in [0, 0.05) is 23.5 Å². The van der Waals surface area contributed by atoms with Crippen molar-refractivity contribution in [3.05, 3.63) is 102 Å². The summed E-state index contributed by atoms with van der Waals surface area (Å²) in [7, 11) is 1.56. The number of amides is 1. The fraction of sp³-hybridized carbons (Fsp3) is 0.0400. The minimum absolute atomic E-state index is 0.325. The maximum absolute atomic E-state index is 12.7. The van der Waals surface area contributed by atoms with Gasteiger partial charge in [-0.1, -0.05) is 30.3 Å². The van der Waals surface area contributed by atoms with Gasteiger partial charge in [-0.05, 0) is 53.2 Å². The third-order valence-corrected chi connectivity index (χ3v) is 4.76. The van der Waals surface area contributed by atoms with E-state index in [1.54, 1.807) is 49.6 Å². The normalized spacial score (nSPS) is 10.8. The molecule has 0 aliphatic carbocycles. The third-order valence-electron chi connectivity index (χ3n) is 4.76. The van der Waals surface area contributed by atoms with Gasteiger partial charge >= 0.3 is 5.97 Å². The van der Waals surface area contributed by atoms with Crippen LogP contribution in [0, 0.1) is 0 Å². The summed E-state index contributed by atoms with van der Waals surface area (Å²) in [5.41, 5.74) is 3.87. The quantitative estimate of drug-likeness (QED) is 0.216. The minimum Gasteiger partial charge on any atom is -0.497 e. The van der Waals surface area contributed by atoms with Crippen molar-refractivity contribution in [2.75, 3.05) is 7.11 Å². The molecule has 1 N–H and O–H groups in total. The molecule has 1 aromatic heterocycles. The lowest BCUT2D eigenvalue weighted by atomic mass is 10.0. The van der Waals surface area contributed by atoms with Crippen molar-refractivity contribution in [1.29, 1.82) is 0 Å². The topological polar surface area (TPSA) is 89.9 Å². The van der Waals surface area contributed by atoms with E-state index in [1.165, 1.54) is 18.6 Å². The molecule has 7 heteroatoms. The van der Waals surface area contributed by atoms with E-state index in [-0.39, 0.29) is 5.91 Å². The van der Waals surface area contributed by atoms with Gasteiger partial charge in [-0.25, -0.2) is 10.2 Å². The van der Waals surface area contributed by atoms with Gasteiger partial charge in [0.05, 0.1) is 18.9 Å². The van der Waals surface area contributed by atoms with Crippen molar-refractivity contribution in [3.8, 4) is 11.5 Å². The molecule has 0 atom stereocenters. The number of carbonyl (C=O) groups is 2. The molecular formula is C25H19N3O4. The van der Waals surface area contributed by atoms with Crippen LogP contribution in [0.25, 0.3) is 10.8 Å². The van der Waals surface area contributed by atoms with Crippen molar-refractivity contribution < 1.29 is 19.1 Å². The number of esters is 1. The molecular weight excluding hydrogens is 406 g/mol. The number of nitrogens with one attached hydrogen (secondary N) is 1. The van der Waals surface area contributed by atoms with Crippen molar-refractivity contribution in [2.24, 2.45) is 5.10 Å². The zero-order chi connectivity index (χ0) is 22.3. The number of pyridine rings is 1. The van der Waals surface area contributed by atoms with Gasteiger partial charge in [-0.15, -0.1) is 0 Å². The largest absolute Gasteiger partial charge is 0.497 e. The fourth-order valence-electron chi connectivity index (χ4n) is 3.11. The number of nitrogens with zero attached hydrogens (tertiary/aromatic N) is 2. The Bertz CT molecular complexity index is 1290. The molecule has 1 amide bonds. The van der Waals surface area contributed by atoms with Crippen molar-refractivity contribution >= 4 is 28.9 Å². The molecule has 3 aromatic carbocycles. The molecule has 158 valence electrons. The Morgan fingerprint density at radius 3 is 2.41 bits per heavy atom. The number of fused-ring (bicyclic) bond motifs is 1. The molecule has 0 spiro atoms. The van der Waals surface area contributed by atoms with Crippen molar-refractivity contribution in [1.82, 2.24) is 10.4 Å². The first-order valence-electron chi connectivity index (χ1n) is 9.77. The summed E-state index contributed by atoms with van der Waals surface area (Å²) < 4.78 is 10.8. The zero-order valence-corrected chi connectivity index (χ0v) is 17.2. The Morgan fingerprint density at radius 2 is 1.66 bits per heavy atom. The van der Waals surface area contributed by atoms with E-state index in [1.807, 2.05) is 30.3 Å². The number of methoxy groups -OCH3 is 1. The number of rotatable bonds is 6. The molecule has 7 nitrogen and oxygen atoms in total. The maximum atomic E-state index is 12.7. The average Bonchev–Trinajstić information content (AvgIpc) is 2.85. The number of aromatic nitrogens is 1. The fourth-order valence-corrected chi connectivity index (χ4v) is 3.11. The van der Waals surface area contributed by atoms with E-state index >= 15 is 0 Å². The Labute approximate surface area is 184 Å². The zero-order valence-electron chi connectivity index (χ0n) is 17.2. The molecule has 0 aliphatic heterocycles. The van der Waals surface area contributed by atoms with E-state index in [4.69, 9.17) is 9.47 Å². The van der Waals surface area contributed by atoms with Crippen molar-refractivity contribution in [3.63, 3.8) is 0 Å². The first-order chi connectivity index (χ1) is 15.7. The second-order valence-electron chi connectivity index (χ2n) is 6.75. The predicted octanol–water partition coefficient (Wildman–Crippen LogP) is 4.23. The van der Waals surface area contributed by atoms with Crippen LogP contribution in [0.5, 0.6) is 11.5 Å². The lowest BCUT2D eigenvalue weighted by molar-refractivity contribution is 0.0734. The summed E-state index contributed by atoms with van der Waals surface area (Å²) in [6.45, 7) is 0. The van der Waals surface area contributed by atoms with Crippen LogP contribution in [0.4, 0.5) is 0 Å². The second-order valence-corrected chi connectivity index (χ2v) is 6.75. The summed E-state index contributed by atoms with van der Waals surface area (Å²) >= 11 is 0. The SMILES string of the molecule is COc1ccc(C(=O)Oc2ccc3ccccc3c2/C=N/NC(=O)c2ccncc2)cc1. The number of carbonyl (C=O) groups excluding carboxylic acids is 2. The molecule has 0 fully saturated rings. The van der Waals surface area contributed by atoms with Crippen LogP contribution >= 0.6 is 0 Å². The van der Waals surface area contributed by atoms with Crippen molar-refractivity contribution in [2.45, 2.75) is 0 Å². The van der Waals surface area contributed by atoms with Gasteiger partial charge in [0.15, 0.2) is 0 Å². The van der Waals surface area contributed by atoms with Gasteiger partial charge in [0.2, 0.25) is 0 Å². The molecule has 32 heavy (non-hydrogen) atoms. The predicted molar refractivity (Wildman–Crippen MR) is 121 cm³/mol. The number of benzene rings is 3.